The van der Waals surface area contributed by atoms with Gasteiger partial charge in [-0.2, -0.15) is 0 Å². The van der Waals surface area contributed by atoms with Gasteiger partial charge in [0.15, 0.2) is 0 Å². The second kappa shape index (κ2) is 8.58. The number of hydrogen-bond acceptors (Lipinski definition) is 3. The number of carbonyl (C=O) groups is 2. The van der Waals surface area contributed by atoms with Crippen LogP contribution in [-0.2, 0) is 4.79 Å². The number of nitrogens with one attached hydrogen (secondary N) is 1. The molecule has 2 rings (SSSR count). The van der Waals surface area contributed by atoms with Crippen LogP contribution in [-0.4, -0.2) is 42.4 Å². The van der Waals surface area contributed by atoms with Crippen LogP contribution in [0.25, 0.3) is 0 Å². The summed E-state index contributed by atoms with van der Waals surface area (Å²) in [6.45, 7) is 1.34. The second-order valence-electron chi connectivity index (χ2n) is 4.87. The number of amides is 2. The minimum atomic E-state index is -0.446. The first kappa shape index (κ1) is 19.0. The summed E-state index contributed by atoms with van der Waals surface area (Å²) in [4.78, 5) is 26.2. The number of hydrogen-bond donors (Lipinski definition) is 2. The number of likely N-dealkylation sites (tertiary alicyclic amines) is 1. The Hall–Kier alpha value is -1.01. The monoisotopic (exact) mass is 365 g/mol. The van der Waals surface area contributed by atoms with Gasteiger partial charge in [0.05, 0.1) is 10.0 Å². The van der Waals surface area contributed by atoms with E-state index in [2.05, 4.69) is 5.32 Å². The van der Waals surface area contributed by atoms with Gasteiger partial charge in [-0.25, -0.2) is 0 Å². The number of rotatable bonds is 4. The summed E-state index contributed by atoms with van der Waals surface area (Å²) in [5.41, 5.74) is 5.80. The van der Waals surface area contributed by atoms with Crippen molar-refractivity contribution in [3.05, 3.63) is 33.8 Å². The zero-order valence-corrected chi connectivity index (χ0v) is 14.2. The Morgan fingerprint density at radius 3 is 2.68 bits per heavy atom. The van der Waals surface area contributed by atoms with Crippen molar-refractivity contribution in [3.63, 3.8) is 0 Å². The smallest absolute Gasteiger partial charge is 0.254 e. The van der Waals surface area contributed by atoms with Gasteiger partial charge in [0.1, 0.15) is 6.04 Å². The topological polar surface area (TPSA) is 75.4 Å². The van der Waals surface area contributed by atoms with Crippen molar-refractivity contribution in [2.75, 3.05) is 19.6 Å². The predicted molar refractivity (Wildman–Crippen MR) is 89.8 cm³/mol. The first-order chi connectivity index (χ1) is 10.0. The van der Waals surface area contributed by atoms with Crippen molar-refractivity contribution < 1.29 is 9.59 Å². The third-order valence-corrected chi connectivity index (χ3v) is 4.17. The molecule has 3 N–H and O–H groups in total. The molecule has 1 fully saturated rings. The van der Waals surface area contributed by atoms with Crippen LogP contribution in [0, 0.1) is 0 Å². The lowest BCUT2D eigenvalue weighted by Crippen LogP contribution is -2.46. The number of halogens is 3. The first-order valence-corrected chi connectivity index (χ1v) is 7.54. The van der Waals surface area contributed by atoms with E-state index in [1.54, 1.807) is 17.0 Å². The molecule has 0 saturated carbocycles. The Labute approximate surface area is 145 Å². The number of carbonyl (C=O) groups excluding carboxylic acids is 2. The van der Waals surface area contributed by atoms with Crippen molar-refractivity contribution in [2.45, 2.75) is 18.9 Å². The van der Waals surface area contributed by atoms with Crippen molar-refractivity contribution in [1.29, 1.82) is 0 Å². The summed E-state index contributed by atoms with van der Waals surface area (Å²) < 4.78 is 0. The highest BCUT2D eigenvalue weighted by Gasteiger charge is 2.34. The summed E-state index contributed by atoms with van der Waals surface area (Å²) in [5, 5.41) is 3.45. The van der Waals surface area contributed by atoms with Crippen molar-refractivity contribution in [1.82, 2.24) is 10.2 Å². The Kier molecular flexibility index (Phi) is 7.42. The SMILES string of the molecule is Cl.NCCNC(=O)C1CCCN1C(=O)c1ccc(Cl)c(Cl)c1. The largest absolute Gasteiger partial charge is 0.353 e. The predicted octanol–water partition coefficient (Wildman–Crippen LogP) is 2.09. The van der Waals surface area contributed by atoms with Crippen molar-refractivity contribution >= 4 is 47.4 Å². The average molecular weight is 367 g/mol. The maximum Gasteiger partial charge on any atom is 0.254 e. The standard InChI is InChI=1S/C14H17Cl2N3O2.ClH/c15-10-4-3-9(8-11(10)16)14(21)19-7-1-2-12(19)13(20)18-6-5-17;/h3-4,8,12H,1-2,5-7,17H2,(H,18,20);1H. The van der Waals surface area contributed by atoms with Gasteiger partial charge in [0.2, 0.25) is 5.91 Å². The van der Waals surface area contributed by atoms with E-state index >= 15 is 0 Å². The summed E-state index contributed by atoms with van der Waals surface area (Å²) in [6.07, 6.45) is 1.46. The van der Waals surface area contributed by atoms with E-state index < -0.39 is 6.04 Å². The fourth-order valence-corrected chi connectivity index (χ4v) is 2.69. The van der Waals surface area contributed by atoms with Crippen LogP contribution >= 0.6 is 35.6 Å². The van der Waals surface area contributed by atoms with Gasteiger partial charge < -0.3 is 16.0 Å². The molecule has 8 heteroatoms. The quantitative estimate of drug-likeness (QED) is 0.857. The van der Waals surface area contributed by atoms with E-state index in [0.717, 1.165) is 6.42 Å². The molecule has 1 atom stereocenters. The van der Waals surface area contributed by atoms with E-state index in [9.17, 15) is 9.59 Å². The minimum Gasteiger partial charge on any atom is -0.353 e. The normalized spacial score (nSPS) is 17.0. The minimum absolute atomic E-state index is 0. The lowest BCUT2D eigenvalue weighted by molar-refractivity contribution is -0.124. The van der Waals surface area contributed by atoms with Crippen LogP contribution in [0.3, 0.4) is 0 Å². The summed E-state index contributed by atoms with van der Waals surface area (Å²) in [5.74, 6) is -0.370. The maximum atomic E-state index is 12.5. The van der Waals surface area contributed by atoms with Gasteiger partial charge in [0, 0.05) is 25.2 Å². The average Bonchev–Trinajstić information content (AvgIpc) is 2.96. The molecule has 0 aliphatic carbocycles. The van der Waals surface area contributed by atoms with Gasteiger partial charge >= 0.3 is 0 Å². The van der Waals surface area contributed by atoms with Crippen LogP contribution in [0.5, 0.6) is 0 Å². The molecule has 122 valence electrons. The molecular formula is C14H18Cl3N3O2. The molecular weight excluding hydrogens is 349 g/mol. The Bertz CT molecular complexity index is 554. The zero-order chi connectivity index (χ0) is 15.4. The lowest BCUT2D eigenvalue weighted by atomic mass is 10.1. The highest BCUT2D eigenvalue weighted by atomic mass is 35.5. The Morgan fingerprint density at radius 1 is 1.32 bits per heavy atom. The molecule has 5 nitrogen and oxygen atoms in total. The second-order valence-corrected chi connectivity index (χ2v) is 5.68. The third-order valence-electron chi connectivity index (χ3n) is 3.43. The van der Waals surface area contributed by atoms with Crippen molar-refractivity contribution in [2.24, 2.45) is 5.73 Å². The van der Waals surface area contributed by atoms with Crippen LogP contribution < -0.4 is 11.1 Å². The zero-order valence-electron chi connectivity index (χ0n) is 11.9. The van der Waals surface area contributed by atoms with Crippen LogP contribution in [0.15, 0.2) is 18.2 Å². The molecule has 1 aliphatic rings. The molecule has 1 aliphatic heterocycles. The molecule has 1 aromatic carbocycles. The Balaban J connectivity index is 0.00000242. The molecule has 2 amide bonds. The fourth-order valence-electron chi connectivity index (χ4n) is 2.39. The Morgan fingerprint density at radius 2 is 2.05 bits per heavy atom. The highest BCUT2D eigenvalue weighted by Crippen LogP contribution is 2.25. The highest BCUT2D eigenvalue weighted by molar-refractivity contribution is 6.42. The van der Waals surface area contributed by atoms with Gasteiger partial charge in [-0.05, 0) is 31.0 Å². The fraction of sp³-hybridized carbons (Fsp3) is 0.429. The molecule has 1 unspecified atom stereocenters. The van der Waals surface area contributed by atoms with Crippen LogP contribution in [0.1, 0.15) is 23.2 Å². The van der Waals surface area contributed by atoms with Crippen LogP contribution in [0.2, 0.25) is 10.0 Å². The third kappa shape index (κ3) is 4.26. The van der Waals surface area contributed by atoms with Gasteiger partial charge in [-0.1, -0.05) is 23.2 Å². The molecule has 1 heterocycles. The number of benzene rings is 1. The summed E-state index contributed by atoms with van der Waals surface area (Å²) >= 11 is 11.8. The molecule has 1 aromatic rings. The van der Waals surface area contributed by atoms with Gasteiger partial charge in [0.25, 0.3) is 5.91 Å². The molecule has 0 radical (unpaired) electrons. The van der Waals surface area contributed by atoms with Gasteiger partial charge in [-0.15, -0.1) is 12.4 Å². The number of nitrogens with zero attached hydrogens (tertiary/aromatic N) is 1. The van der Waals surface area contributed by atoms with Crippen LogP contribution in [0.4, 0.5) is 0 Å². The van der Waals surface area contributed by atoms with E-state index in [1.807, 2.05) is 0 Å². The van der Waals surface area contributed by atoms with Gasteiger partial charge in [-0.3, -0.25) is 9.59 Å². The van der Waals surface area contributed by atoms with E-state index in [4.69, 9.17) is 28.9 Å². The molecule has 0 bridgehead atoms. The van der Waals surface area contributed by atoms with E-state index in [1.165, 1.54) is 6.07 Å². The summed E-state index contributed by atoms with van der Waals surface area (Å²) in [6, 6.07) is 4.28. The van der Waals surface area contributed by atoms with E-state index in [0.29, 0.717) is 41.7 Å². The van der Waals surface area contributed by atoms with Crippen molar-refractivity contribution in [3.8, 4) is 0 Å². The maximum absolute atomic E-state index is 12.5. The lowest BCUT2D eigenvalue weighted by Gasteiger charge is -2.24. The molecule has 0 aromatic heterocycles. The number of nitrogens with two attached hydrogens (primary N) is 1. The molecule has 22 heavy (non-hydrogen) atoms. The van der Waals surface area contributed by atoms with E-state index in [-0.39, 0.29) is 24.2 Å². The summed E-state index contributed by atoms with van der Waals surface area (Å²) in [7, 11) is 0. The molecule has 1 saturated heterocycles. The first-order valence-electron chi connectivity index (χ1n) is 6.78. The molecule has 0 spiro atoms.